The van der Waals surface area contributed by atoms with Gasteiger partial charge in [0, 0.05) is 25.8 Å². The molecular weight excluding hydrogens is 548 g/mol. The average molecular weight is 583 g/mol. The maximum absolute atomic E-state index is 13.4. The SMILES string of the molecule is COc1ccc(CN(C(=O)COc2ccc(S(=O)(=O)N3CCOCC3)cc2)[C@H](C)C(=O)NCc2ccccn2)cc1. The molecule has 1 atom stereocenters. The lowest BCUT2D eigenvalue weighted by Crippen LogP contribution is -2.48. The fourth-order valence-corrected chi connectivity index (χ4v) is 5.62. The number of ether oxygens (including phenoxy) is 3. The monoisotopic (exact) mass is 582 g/mol. The van der Waals surface area contributed by atoms with Gasteiger partial charge in [-0.25, -0.2) is 8.42 Å². The maximum atomic E-state index is 13.4. The van der Waals surface area contributed by atoms with E-state index in [2.05, 4.69) is 10.3 Å². The third-order valence-electron chi connectivity index (χ3n) is 6.64. The second-order valence-corrected chi connectivity index (χ2v) is 11.3. The smallest absolute Gasteiger partial charge is 0.261 e. The molecule has 1 aromatic heterocycles. The number of nitrogens with zero attached hydrogens (tertiary/aromatic N) is 3. The van der Waals surface area contributed by atoms with Crippen LogP contribution in [-0.2, 0) is 37.4 Å². The molecule has 0 unspecified atom stereocenters. The summed E-state index contributed by atoms with van der Waals surface area (Å²) in [6.07, 6.45) is 1.65. The van der Waals surface area contributed by atoms with E-state index >= 15 is 0 Å². The second-order valence-electron chi connectivity index (χ2n) is 9.36. The number of amides is 2. The summed E-state index contributed by atoms with van der Waals surface area (Å²) in [6, 6.07) is 17.8. The highest BCUT2D eigenvalue weighted by Gasteiger charge is 2.28. The molecule has 0 radical (unpaired) electrons. The average Bonchev–Trinajstić information content (AvgIpc) is 3.02. The van der Waals surface area contributed by atoms with Gasteiger partial charge in [0.15, 0.2) is 6.61 Å². The summed E-state index contributed by atoms with van der Waals surface area (Å²) in [6.45, 7) is 3.01. The van der Waals surface area contributed by atoms with E-state index in [0.717, 1.165) is 5.56 Å². The number of hydrogen-bond donors (Lipinski definition) is 1. The van der Waals surface area contributed by atoms with Crippen molar-refractivity contribution in [2.75, 3.05) is 40.0 Å². The third kappa shape index (κ3) is 8.03. The predicted octanol–water partition coefficient (Wildman–Crippen LogP) is 2.22. The number of methoxy groups -OCH3 is 1. The first-order valence-corrected chi connectivity index (χ1v) is 14.6. The van der Waals surface area contributed by atoms with Gasteiger partial charge in [-0.15, -0.1) is 0 Å². The van der Waals surface area contributed by atoms with E-state index in [9.17, 15) is 18.0 Å². The van der Waals surface area contributed by atoms with Crippen molar-refractivity contribution in [3.05, 3.63) is 84.2 Å². The molecule has 2 amide bonds. The first-order valence-electron chi connectivity index (χ1n) is 13.2. The van der Waals surface area contributed by atoms with Crippen molar-refractivity contribution in [1.82, 2.24) is 19.5 Å². The summed E-state index contributed by atoms with van der Waals surface area (Å²) < 4.78 is 43.3. The summed E-state index contributed by atoms with van der Waals surface area (Å²) in [7, 11) is -2.07. The van der Waals surface area contributed by atoms with Crippen LogP contribution in [0.5, 0.6) is 11.5 Å². The molecular formula is C29H34N4O7S. The Kier molecular flexibility index (Phi) is 10.3. The predicted molar refractivity (Wildman–Crippen MR) is 151 cm³/mol. The van der Waals surface area contributed by atoms with E-state index in [4.69, 9.17) is 14.2 Å². The molecule has 1 saturated heterocycles. The fraction of sp³-hybridized carbons (Fsp3) is 0.345. The van der Waals surface area contributed by atoms with Crippen LogP contribution in [-0.4, -0.2) is 80.5 Å². The Morgan fingerprint density at radius 1 is 1.02 bits per heavy atom. The molecule has 3 aromatic rings. The highest BCUT2D eigenvalue weighted by Crippen LogP contribution is 2.21. The number of pyridine rings is 1. The number of benzene rings is 2. The van der Waals surface area contributed by atoms with Crippen molar-refractivity contribution in [3.8, 4) is 11.5 Å². The Balaban J connectivity index is 1.42. The van der Waals surface area contributed by atoms with Gasteiger partial charge in [-0.05, 0) is 61.0 Å². The fourth-order valence-electron chi connectivity index (χ4n) is 4.21. The van der Waals surface area contributed by atoms with Gasteiger partial charge in [0.2, 0.25) is 15.9 Å². The standard InChI is InChI=1S/C29H34N4O7S/c1-22(29(35)31-19-24-5-3-4-14-30-24)33(20-23-6-8-25(38-2)9-7-23)28(34)21-40-26-10-12-27(13-11-26)41(36,37)32-15-17-39-18-16-32/h3-14,22H,15-21H2,1-2H3,(H,31,35)/t22-/m1/s1. The lowest BCUT2D eigenvalue weighted by Gasteiger charge is -2.29. The van der Waals surface area contributed by atoms with E-state index in [0.29, 0.717) is 43.5 Å². The molecule has 11 nitrogen and oxygen atoms in total. The van der Waals surface area contributed by atoms with Crippen LogP contribution in [0.3, 0.4) is 0 Å². The van der Waals surface area contributed by atoms with Crippen molar-refractivity contribution < 1.29 is 32.2 Å². The summed E-state index contributed by atoms with van der Waals surface area (Å²) >= 11 is 0. The van der Waals surface area contributed by atoms with Gasteiger partial charge >= 0.3 is 0 Å². The molecule has 1 N–H and O–H groups in total. The van der Waals surface area contributed by atoms with E-state index in [1.165, 1.54) is 33.5 Å². The number of carbonyl (C=O) groups excluding carboxylic acids is 2. The molecule has 0 bridgehead atoms. The molecule has 2 heterocycles. The zero-order valence-electron chi connectivity index (χ0n) is 23.1. The highest BCUT2D eigenvalue weighted by atomic mass is 32.2. The van der Waals surface area contributed by atoms with E-state index in [1.807, 2.05) is 18.2 Å². The van der Waals surface area contributed by atoms with E-state index in [1.54, 1.807) is 44.5 Å². The molecule has 1 aliphatic heterocycles. The highest BCUT2D eigenvalue weighted by molar-refractivity contribution is 7.89. The largest absolute Gasteiger partial charge is 0.497 e. The number of sulfonamides is 1. The molecule has 0 spiro atoms. The molecule has 0 aliphatic carbocycles. The van der Waals surface area contributed by atoms with E-state index < -0.39 is 22.0 Å². The number of nitrogens with one attached hydrogen (secondary N) is 1. The number of hydrogen-bond acceptors (Lipinski definition) is 8. The van der Waals surface area contributed by atoms with Crippen molar-refractivity contribution in [3.63, 3.8) is 0 Å². The van der Waals surface area contributed by atoms with Gasteiger partial charge in [0.25, 0.3) is 5.91 Å². The topological polar surface area (TPSA) is 127 Å². The van der Waals surface area contributed by atoms with E-state index in [-0.39, 0.29) is 30.5 Å². The van der Waals surface area contributed by atoms with Crippen molar-refractivity contribution in [2.24, 2.45) is 0 Å². The molecule has 1 fully saturated rings. The first kappa shape index (κ1) is 30.0. The van der Waals surface area contributed by atoms with Crippen LogP contribution in [0.2, 0.25) is 0 Å². The van der Waals surface area contributed by atoms with Gasteiger partial charge in [0.05, 0.1) is 37.5 Å². The quantitative estimate of drug-likeness (QED) is 0.345. The molecule has 218 valence electrons. The van der Waals surface area contributed by atoms with Crippen LogP contribution in [0.1, 0.15) is 18.2 Å². The zero-order valence-corrected chi connectivity index (χ0v) is 23.9. The van der Waals surface area contributed by atoms with Crippen LogP contribution in [0, 0.1) is 0 Å². The van der Waals surface area contributed by atoms with Gasteiger partial charge in [-0.1, -0.05) is 18.2 Å². The van der Waals surface area contributed by atoms with Gasteiger partial charge in [-0.2, -0.15) is 4.31 Å². The molecule has 0 saturated carbocycles. The Labute approximate surface area is 240 Å². The van der Waals surface area contributed by atoms with Crippen molar-refractivity contribution in [2.45, 2.75) is 31.0 Å². The minimum Gasteiger partial charge on any atom is -0.497 e. The Hall–Kier alpha value is -4.00. The minimum absolute atomic E-state index is 0.136. The lowest BCUT2D eigenvalue weighted by atomic mass is 10.1. The van der Waals surface area contributed by atoms with Crippen molar-refractivity contribution >= 4 is 21.8 Å². The lowest BCUT2D eigenvalue weighted by molar-refractivity contribution is -0.142. The Morgan fingerprint density at radius 2 is 1.71 bits per heavy atom. The summed E-state index contributed by atoms with van der Waals surface area (Å²) in [5.41, 5.74) is 1.50. The molecule has 4 rings (SSSR count). The number of rotatable bonds is 12. The van der Waals surface area contributed by atoms with Crippen LogP contribution in [0.15, 0.2) is 77.8 Å². The molecule has 1 aliphatic rings. The summed E-state index contributed by atoms with van der Waals surface area (Å²) in [4.78, 5) is 32.2. The summed E-state index contributed by atoms with van der Waals surface area (Å²) in [5, 5.41) is 2.83. The normalized spacial score (nSPS) is 14.6. The first-order chi connectivity index (χ1) is 19.8. The van der Waals surface area contributed by atoms with Crippen LogP contribution < -0.4 is 14.8 Å². The molecule has 12 heteroatoms. The summed E-state index contributed by atoms with van der Waals surface area (Å²) in [5.74, 6) is 0.257. The minimum atomic E-state index is -3.64. The van der Waals surface area contributed by atoms with Crippen LogP contribution in [0.25, 0.3) is 0 Å². The van der Waals surface area contributed by atoms with Crippen LogP contribution >= 0.6 is 0 Å². The number of carbonyl (C=O) groups is 2. The van der Waals surface area contributed by atoms with Gasteiger partial charge in [-0.3, -0.25) is 14.6 Å². The molecule has 2 aromatic carbocycles. The van der Waals surface area contributed by atoms with Gasteiger partial charge in [0.1, 0.15) is 17.5 Å². The Morgan fingerprint density at radius 3 is 2.34 bits per heavy atom. The maximum Gasteiger partial charge on any atom is 0.261 e. The van der Waals surface area contributed by atoms with Gasteiger partial charge < -0.3 is 24.4 Å². The third-order valence-corrected chi connectivity index (χ3v) is 8.56. The molecule has 41 heavy (non-hydrogen) atoms. The van der Waals surface area contributed by atoms with Crippen molar-refractivity contribution in [1.29, 1.82) is 0 Å². The zero-order chi connectivity index (χ0) is 29.2. The Bertz CT molecular complexity index is 1400. The second kappa shape index (κ2) is 14.1. The van der Waals surface area contributed by atoms with Crippen LogP contribution in [0.4, 0.5) is 0 Å². The number of morpholine rings is 1. The number of aromatic nitrogens is 1.